The summed E-state index contributed by atoms with van der Waals surface area (Å²) in [5.41, 5.74) is 1.06. The van der Waals surface area contributed by atoms with E-state index in [0.29, 0.717) is 22.6 Å². The SMILES string of the molecule is O=C(OCCS/C(S)=C(/S)SCCOC(=O)c1ccccc1)c1ccccc1. The van der Waals surface area contributed by atoms with Gasteiger partial charge >= 0.3 is 11.9 Å². The van der Waals surface area contributed by atoms with Crippen LogP contribution in [-0.4, -0.2) is 36.7 Å². The van der Waals surface area contributed by atoms with Gasteiger partial charge in [0.1, 0.15) is 13.2 Å². The van der Waals surface area contributed by atoms with Crippen LogP contribution in [0.5, 0.6) is 0 Å². The highest BCUT2D eigenvalue weighted by molar-refractivity contribution is 8.21. The van der Waals surface area contributed by atoms with Crippen molar-refractivity contribution in [3.63, 3.8) is 0 Å². The minimum absolute atomic E-state index is 0.281. The highest BCUT2D eigenvalue weighted by Crippen LogP contribution is 2.32. The summed E-state index contributed by atoms with van der Waals surface area (Å²) in [5, 5.41) is 0. The number of thioether (sulfide) groups is 2. The second kappa shape index (κ2) is 12.9. The summed E-state index contributed by atoms with van der Waals surface area (Å²) in [5.74, 6) is 0.467. The van der Waals surface area contributed by atoms with Crippen molar-refractivity contribution in [2.24, 2.45) is 0 Å². The van der Waals surface area contributed by atoms with E-state index in [1.54, 1.807) is 48.5 Å². The number of esters is 2. The molecule has 0 aliphatic carbocycles. The molecule has 148 valence electrons. The van der Waals surface area contributed by atoms with Crippen molar-refractivity contribution in [3.8, 4) is 0 Å². The predicted octanol–water partition coefficient (Wildman–Crippen LogP) is 5.15. The van der Waals surface area contributed by atoms with E-state index in [4.69, 9.17) is 9.47 Å². The third kappa shape index (κ3) is 8.26. The maximum absolute atomic E-state index is 11.8. The molecule has 0 fully saturated rings. The zero-order valence-corrected chi connectivity index (χ0v) is 18.4. The Balaban J connectivity index is 1.62. The van der Waals surface area contributed by atoms with Gasteiger partial charge in [-0.05, 0) is 24.3 Å². The summed E-state index contributed by atoms with van der Waals surface area (Å²) in [6.45, 7) is 0.561. The Morgan fingerprint density at radius 1 is 0.679 bits per heavy atom. The molecule has 0 saturated heterocycles. The number of hydrogen-bond acceptors (Lipinski definition) is 8. The first-order valence-electron chi connectivity index (χ1n) is 8.40. The minimum Gasteiger partial charge on any atom is -0.461 e. The van der Waals surface area contributed by atoms with Crippen LogP contribution in [0.2, 0.25) is 0 Å². The fourth-order valence-electron chi connectivity index (χ4n) is 1.98. The van der Waals surface area contributed by atoms with Gasteiger partial charge in [-0.25, -0.2) is 9.59 Å². The van der Waals surface area contributed by atoms with Crippen molar-refractivity contribution < 1.29 is 19.1 Å². The molecule has 0 aliphatic rings. The molecule has 0 unspecified atom stereocenters. The van der Waals surface area contributed by atoms with E-state index in [1.165, 1.54) is 23.5 Å². The lowest BCUT2D eigenvalue weighted by Crippen LogP contribution is -2.07. The summed E-state index contributed by atoms with van der Waals surface area (Å²) < 4.78 is 11.9. The van der Waals surface area contributed by atoms with E-state index in [1.807, 2.05) is 12.1 Å². The quantitative estimate of drug-likeness (QED) is 0.295. The Kier molecular flexibility index (Phi) is 10.5. The lowest BCUT2D eigenvalue weighted by molar-refractivity contribution is 0.0521. The number of thiol groups is 2. The van der Waals surface area contributed by atoms with Gasteiger partial charge in [0.05, 0.1) is 19.6 Å². The molecule has 4 nitrogen and oxygen atoms in total. The molecule has 2 aromatic carbocycles. The number of rotatable bonds is 10. The van der Waals surface area contributed by atoms with E-state index >= 15 is 0 Å². The summed E-state index contributed by atoms with van der Waals surface area (Å²) in [6, 6.07) is 17.7. The molecule has 0 aliphatic heterocycles. The molecule has 0 heterocycles. The van der Waals surface area contributed by atoms with Crippen LogP contribution in [0.3, 0.4) is 0 Å². The van der Waals surface area contributed by atoms with E-state index in [0.717, 1.165) is 8.47 Å². The molecule has 0 saturated carbocycles. The molecule has 0 spiro atoms. The zero-order valence-electron chi connectivity index (χ0n) is 14.9. The van der Waals surface area contributed by atoms with Gasteiger partial charge in [0.2, 0.25) is 0 Å². The number of carbonyl (C=O) groups is 2. The Morgan fingerprint density at radius 3 is 1.39 bits per heavy atom. The highest BCUT2D eigenvalue weighted by atomic mass is 32.2. The van der Waals surface area contributed by atoms with Gasteiger partial charge in [-0.2, -0.15) is 0 Å². The minimum atomic E-state index is -0.341. The molecule has 0 bridgehead atoms. The molecule has 0 amide bonds. The molecule has 0 N–H and O–H groups in total. The second-order valence-electron chi connectivity index (χ2n) is 5.31. The Labute approximate surface area is 184 Å². The van der Waals surface area contributed by atoms with Crippen molar-refractivity contribution in [3.05, 3.63) is 80.3 Å². The van der Waals surface area contributed by atoms with Crippen LogP contribution in [0.15, 0.2) is 69.1 Å². The monoisotopic (exact) mass is 452 g/mol. The standard InChI is InChI=1S/C20H20O4S4/c21-17(15-7-3-1-4-8-15)23-11-13-27-19(25)20(26)28-14-12-24-18(22)16-9-5-2-6-10-16/h1-10,25-26H,11-14H2/b20-19-. The normalized spacial score (nSPS) is 11.5. The van der Waals surface area contributed by atoms with E-state index < -0.39 is 0 Å². The van der Waals surface area contributed by atoms with Crippen LogP contribution in [0.1, 0.15) is 20.7 Å². The number of ether oxygens (including phenoxy) is 2. The molecule has 0 atom stereocenters. The number of carbonyl (C=O) groups excluding carboxylic acids is 2. The van der Waals surface area contributed by atoms with Gasteiger partial charge in [0.15, 0.2) is 0 Å². The van der Waals surface area contributed by atoms with Gasteiger partial charge in [0, 0.05) is 11.5 Å². The molecular formula is C20H20O4S4. The van der Waals surface area contributed by atoms with E-state index in [-0.39, 0.29) is 25.2 Å². The fraction of sp³-hybridized carbons (Fsp3) is 0.200. The summed E-state index contributed by atoms with van der Waals surface area (Å²) in [7, 11) is 0. The maximum Gasteiger partial charge on any atom is 0.338 e. The summed E-state index contributed by atoms with van der Waals surface area (Å²) in [4.78, 5) is 23.7. The van der Waals surface area contributed by atoms with Gasteiger partial charge in [-0.1, -0.05) is 36.4 Å². The molecule has 8 heteroatoms. The number of benzene rings is 2. The van der Waals surface area contributed by atoms with Crippen molar-refractivity contribution in [2.75, 3.05) is 24.7 Å². The van der Waals surface area contributed by atoms with Crippen molar-refractivity contribution >= 4 is 60.7 Å². The maximum atomic E-state index is 11.8. The van der Waals surface area contributed by atoms with Crippen molar-refractivity contribution in [1.29, 1.82) is 0 Å². The zero-order chi connectivity index (χ0) is 20.2. The Bertz CT molecular complexity index is 727. The van der Waals surface area contributed by atoms with Crippen LogP contribution < -0.4 is 0 Å². The van der Waals surface area contributed by atoms with Crippen LogP contribution in [0, 0.1) is 0 Å². The predicted molar refractivity (Wildman–Crippen MR) is 123 cm³/mol. The first-order valence-corrected chi connectivity index (χ1v) is 11.3. The highest BCUT2D eigenvalue weighted by Gasteiger charge is 2.08. The summed E-state index contributed by atoms with van der Waals surface area (Å²) >= 11 is 11.7. The molecule has 2 aromatic rings. The first-order chi connectivity index (χ1) is 13.6. The van der Waals surface area contributed by atoms with Crippen LogP contribution >= 0.6 is 48.8 Å². The lowest BCUT2D eigenvalue weighted by Gasteiger charge is -2.08. The average molecular weight is 453 g/mol. The molecule has 0 radical (unpaired) electrons. The van der Waals surface area contributed by atoms with Crippen LogP contribution in [-0.2, 0) is 9.47 Å². The van der Waals surface area contributed by atoms with Gasteiger partial charge < -0.3 is 9.47 Å². The molecule has 2 rings (SSSR count). The van der Waals surface area contributed by atoms with Gasteiger partial charge in [0.25, 0.3) is 0 Å². The van der Waals surface area contributed by atoms with Gasteiger partial charge in [-0.3, -0.25) is 0 Å². The van der Waals surface area contributed by atoms with Crippen LogP contribution in [0.4, 0.5) is 0 Å². The largest absolute Gasteiger partial charge is 0.461 e. The van der Waals surface area contributed by atoms with E-state index in [2.05, 4.69) is 25.3 Å². The van der Waals surface area contributed by atoms with Gasteiger partial charge in [-0.15, -0.1) is 48.8 Å². The lowest BCUT2D eigenvalue weighted by atomic mass is 10.2. The number of hydrogen-bond donors (Lipinski definition) is 2. The summed E-state index contributed by atoms with van der Waals surface area (Å²) in [6.07, 6.45) is 0. The van der Waals surface area contributed by atoms with Crippen molar-refractivity contribution in [2.45, 2.75) is 0 Å². The second-order valence-corrected chi connectivity index (χ2v) is 9.02. The Hall–Kier alpha value is -1.48. The van der Waals surface area contributed by atoms with E-state index in [9.17, 15) is 9.59 Å². The fourth-order valence-corrected chi connectivity index (χ4v) is 4.24. The molecular weight excluding hydrogens is 432 g/mol. The smallest absolute Gasteiger partial charge is 0.338 e. The average Bonchev–Trinajstić information content (AvgIpc) is 2.74. The first kappa shape index (κ1) is 22.8. The third-order valence-corrected chi connectivity index (χ3v) is 6.84. The third-order valence-electron chi connectivity index (χ3n) is 3.31. The topological polar surface area (TPSA) is 52.6 Å². The van der Waals surface area contributed by atoms with Crippen LogP contribution in [0.25, 0.3) is 0 Å². The molecule has 0 aromatic heterocycles. The van der Waals surface area contributed by atoms with Crippen molar-refractivity contribution in [1.82, 2.24) is 0 Å². The molecule has 28 heavy (non-hydrogen) atoms. The Morgan fingerprint density at radius 2 is 1.04 bits per heavy atom.